The highest BCUT2D eigenvalue weighted by atomic mass is 16.5. The molecule has 7 aromatic carbocycles. The summed E-state index contributed by atoms with van der Waals surface area (Å²) in [5.74, 6) is 3.63. The molecule has 0 radical (unpaired) electrons. The number of para-hydroxylation sites is 2. The molecule has 0 fully saturated rings. The van der Waals surface area contributed by atoms with E-state index in [0.29, 0.717) is 17.5 Å². The van der Waals surface area contributed by atoms with E-state index in [2.05, 4.69) is 127 Å². The Morgan fingerprint density at radius 3 is 1.38 bits per heavy atom. The van der Waals surface area contributed by atoms with E-state index in [4.69, 9.17) is 19.7 Å². The first kappa shape index (κ1) is 28.4. The van der Waals surface area contributed by atoms with Gasteiger partial charge in [-0.1, -0.05) is 158 Å². The highest BCUT2D eigenvalue weighted by Crippen LogP contribution is 2.62. The highest BCUT2D eigenvalue weighted by molar-refractivity contribution is 5.90. The molecule has 8 aromatic rings. The summed E-state index contributed by atoms with van der Waals surface area (Å²) in [4.78, 5) is 15.3. The molecule has 2 aliphatic rings. The number of ether oxygens (including phenoxy) is 1. The molecule has 0 amide bonds. The van der Waals surface area contributed by atoms with Crippen molar-refractivity contribution < 1.29 is 4.74 Å². The molecular weight excluding hydrogens is 611 g/mol. The third kappa shape index (κ3) is 4.28. The molecule has 1 aliphatic heterocycles. The van der Waals surface area contributed by atoms with Crippen molar-refractivity contribution >= 4 is 0 Å². The minimum atomic E-state index is -0.571. The predicted octanol–water partition coefficient (Wildman–Crippen LogP) is 11.0. The van der Waals surface area contributed by atoms with E-state index in [-0.39, 0.29) is 0 Å². The zero-order chi connectivity index (χ0) is 33.1. The number of fused-ring (bicyclic) bond motifs is 9. The first-order chi connectivity index (χ1) is 24.8. The van der Waals surface area contributed by atoms with Gasteiger partial charge in [0.15, 0.2) is 17.5 Å². The van der Waals surface area contributed by atoms with Crippen LogP contribution in [0.4, 0.5) is 0 Å². The maximum absolute atomic E-state index is 6.54. The molecule has 234 valence electrons. The van der Waals surface area contributed by atoms with Crippen LogP contribution in [0.1, 0.15) is 22.3 Å². The fraction of sp³-hybridized carbons (Fsp3) is 0.0217. The monoisotopic (exact) mass is 639 g/mol. The van der Waals surface area contributed by atoms with E-state index in [1.165, 1.54) is 27.8 Å². The van der Waals surface area contributed by atoms with Gasteiger partial charge in [0, 0.05) is 27.8 Å². The van der Waals surface area contributed by atoms with Crippen LogP contribution in [0.2, 0.25) is 0 Å². The van der Waals surface area contributed by atoms with Gasteiger partial charge in [0.05, 0.1) is 5.41 Å². The van der Waals surface area contributed by atoms with E-state index >= 15 is 0 Å². The quantitative estimate of drug-likeness (QED) is 0.192. The Morgan fingerprint density at radius 2 is 0.740 bits per heavy atom. The van der Waals surface area contributed by atoms with Gasteiger partial charge in [0.2, 0.25) is 0 Å². The second kappa shape index (κ2) is 11.2. The molecule has 0 saturated heterocycles. The fourth-order valence-electron chi connectivity index (χ4n) is 7.79. The Bertz CT molecular complexity index is 2520. The van der Waals surface area contributed by atoms with Crippen LogP contribution in [0.3, 0.4) is 0 Å². The topological polar surface area (TPSA) is 47.9 Å². The van der Waals surface area contributed by atoms with E-state index in [9.17, 15) is 0 Å². The molecule has 10 rings (SSSR count). The van der Waals surface area contributed by atoms with Gasteiger partial charge < -0.3 is 4.74 Å². The molecule has 1 spiro atoms. The lowest BCUT2D eigenvalue weighted by atomic mass is 9.66. The van der Waals surface area contributed by atoms with Crippen molar-refractivity contribution in [1.82, 2.24) is 15.0 Å². The van der Waals surface area contributed by atoms with Crippen LogP contribution in [-0.4, -0.2) is 15.0 Å². The summed E-state index contributed by atoms with van der Waals surface area (Å²) in [5, 5.41) is 0. The first-order valence-corrected chi connectivity index (χ1v) is 16.9. The number of hydrogen-bond donors (Lipinski definition) is 0. The second-order valence-electron chi connectivity index (χ2n) is 12.8. The van der Waals surface area contributed by atoms with Gasteiger partial charge in [0.25, 0.3) is 0 Å². The third-order valence-corrected chi connectivity index (χ3v) is 10.0. The zero-order valence-corrected chi connectivity index (χ0v) is 27.0. The Labute approximate surface area is 290 Å². The summed E-state index contributed by atoms with van der Waals surface area (Å²) in [6.07, 6.45) is 0. The molecule has 50 heavy (non-hydrogen) atoms. The van der Waals surface area contributed by atoms with Gasteiger partial charge in [-0.05, 0) is 51.6 Å². The summed E-state index contributed by atoms with van der Waals surface area (Å²) in [6.45, 7) is 0. The van der Waals surface area contributed by atoms with E-state index < -0.39 is 5.41 Å². The second-order valence-corrected chi connectivity index (χ2v) is 12.8. The molecule has 4 nitrogen and oxygen atoms in total. The lowest BCUT2D eigenvalue weighted by molar-refractivity contribution is 0.436. The molecule has 0 unspecified atom stereocenters. The van der Waals surface area contributed by atoms with Crippen molar-refractivity contribution in [3.8, 4) is 67.9 Å². The van der Waals surface area contributed by atoms with Crippen molar-refractivity contribution in [3.05, 3.63) is 198 Å². The Morgan fingerprint density at radius 1 is 0.320 bits per heavy atom. The largest absolute Gasteiger partial charge is 0.457 e. The first-order valence-electron chi connectivity index (χ1n) is 16.9. The van der Waals surface area contributed by atoms with Crippen molar-refractivity contribution in [2.75, 3.05) is 0 Å². The van der Waals surface area contributed by atoms with Crippen LogP contribution in [0, 0.1) is 0 Å². The SMILES string of the molecule is c1ccc(-c2ccc(-c3nc(-c4ccccc4)nc(-c4ccc5c(c4)C4(c6ccccc6Oc6ccccc64)c4ccccc4-5)n3)cc2)cc1. The summed E-state index contributed by atoms with van der Waals surface area (Å²) < 4.78 is 6.54. The Hall–Kier alpha value is -6.65. The number of benzene rings is 7. The molecule has 0 bridgehead atoms. The smallest absolute Gasteiger partial charge is 0.164 e. The molecule has 0 atom stereocenters. The number of aromatic nitrogens is 3. The van der Waals surface area contributed by atoms with Crippen molar-refractivity contribution in [3.63, 3.8) is 0 Å². The highest BCUT2D eigenvalue weighted by Gasteiger charge is 2.51. The summed E-state index contributed by atoms with van der Waals surface area (Å²) in [5.41, 5.74) is 11.7. The fourth-order valence-corrected chi connectivity index (χ4v) is 7.79. The minimum Gasteiger partial charge on any atom is -0.457 e. The van der Waals surface area contributed by atoms with Crippen LogP contribution >= 0.6 is 0 Å². The van der Waals surface area contributed by atoms with Crippen molar-refractivity contribution in [2.24, 2.45) is 0 Å². The van der Waals surface area contributed by atoms with E-state index in [1.54, 1.807) is 0 Å². The normalized spacial score (nSPS) is 13.1. The van der Waals surface area contributed by atoms with E-state index in [0.717, 1.165) is 44.9 Å². The zero-order valence-electron chi connectivity index (χ0n) is 27.0. The van der Waals surface area contributed by atoms with Crippen LogP contribution in [0.15, 0.2) is 176 Å². The molecule has 4 heteroatoms. The van der Waals surface area contributed by atoms with E-state index in [1.807, 2.05) is 48.5 Å². The molecular formula is C46H29N3O. The van der Waals surface area contributed by atoms with Gasteiger partial charge in [0.1, 0.15) is 11.5 Å². The Balaban J connectivity index is 1.19. The molecule has 1 aliphatic carbocycles. The lowest BCUT2D eigenvalue weighted by Crippen LogP contribution is -2.32. The predicted molar refractivity (Wildman–Crippen MR) is 199 cm³/mol. The van der Waals surface area contributed by atoms with Crippen LogP contribution in [0.5, 0.6) is 11.5 Å². The van der Waals surface area contributed by atoms with Gasteiger partial charge in [-0.2, -0.15) is 0 Å². The molecule has 0 saturated carbocycles. The minimum absolute atomic E-state index is 0.571. The summed E-state index contributed by atoms with van der Waals surface area (Å²) in [7, 11) is 0. The summed E-state index contributed by atoms with van der Waals surface area (Å²) >= 11 is 0. The molecule has 2 heterocycles. The van der Waals surface area contributed by atoms with Gasteiger partial charge >= 0.3 is 0 Å². The number of rotatable bonds is 4. The maximum Gasteiger partial charge on any atom is 0.164 e. The van der Waals surface area contributed by atoms with Gasteiger partial charge in [-0.25, -0.2) is 15.0 Å². The van der Waals surface area contributed by atoms with Gasteiger partial charge in [-0.3, -0.25) is 0 Å². The van der Waals surface area contributed by atoms with Crippen LogP contribution in [-0.2, 0) is 5.41 Å². The van der Waals surface area contributed by atoms with Crippen molar-refractivity contribution in [1.29, 1.82) is 0 Å². The maximum atomic E-state index is 6.54. The summed E-state index contributed by atoms with van der Waals surface area (Å²) in [6, 6.07) is 61.3. The average molecular weight is 640 g/mol. The standard InChI is InChI=1S/C46H29N3O/c1-3-13-30(14-4-1)31-23-25-33(26-24-31)44-47-43(32-15-5-2-6-16-32)48-45(49-44)34-27-28-36-35-17-7-8-18-37(35)46(40(36)29-34)38-19-9-11-21-41(38)50-42-22-12-10-20-39(42)46/h1-29H. The number of hydrogen-bond acceptors (Lipinski definition) is 4. The van der Waals surface area contributed by atoms with Crippen LogP contribution < -0.4 is 4.74 Å². The average Bonchev–Trinajstić information content (AvgIpc) is 3.48. The lowest BCUT2D eigenvalue weighted by Gasteiger charge is -2.39. The number of nitrogens with zero attached hydrogens (tertiary/aromatic N) is 3. The Kier molecular flexibility index (Phi) is 6.36. The van der Waals surface area contributed by atoms with Crippen LogP contribution in [0.25, 0.3) is 56.4 Å². The third-order valence-electron chi connectivity index (χ3n) is 10.0. The van der Waals surface area contributed by atoms with Gasteiger partial charge in [-0.15, -0.1) is 0 Å². The molecule has 0 N–H and O–H groups in total. The van der Waals surface area contributed by atoms with Crippen molar-refractivity contribution in [2.45, 2.75) is 5.41 Å². The molecule has 1 aromatic heterocycles.